The molecule has 23 heavy (non-hydrogen) atoms. The first-order chi connectivity index (χ1) is 11.3. The minimum absolute atomic E-state index is 0.0225. The number of aromatic nitrogens is 2. The molecule has 1 amide bonds. The minimum Gasteiger partial charge on any atom is -0.308 e. The number of nitrogens with zero attached hydrogens (tertiary/aromatic N) is 3. The number of anilines is 1. The maximum atomic E-state index is 12.7. The van der Waals surface area contributed by atoms with Gasteiger partial charge in [-0.2, -0.15) is 5.10 Å². The Hall–Kier alpha value is -2.88. The summed E-state index contributed by atoms with van der Waals surface area (Å²) in [7, 11) is 0. The molecular weight excluding hydrogens is 286 g/mol. The molecule has 2 aromatic carbocycles. The number of benzene rings is 2. The van der Waals surface area contributed by atoms with Gasteiger partial charge in [0.05, 0.1) is 18.3 Å². The Morgan fingerprint density at radius 3 is 2.70 bits per heavy atom. The van der Waals surface area contributed by atoms with Crippen molar-refractivity contribution in [3.8, 4) is 0 Å². The lowest BCUT2D eigenvalue weighted by atomic mass is 10.2. The van der Waals surface area contributed by atoms with Crippen LogP contribution >= 0.6 is 0 Å². The summed E-state index contributed by atoms with van der Waals surface area (Å²) in [4.78, 5) is 14.6. The second-order valence-electron chi connectivity index (χ2n) is 5.75. The minimum atomic E-state index is 0.0225. The topological polar surface area (TPSA) is 38.1 Å². The SMILES string of the molecule is O=C(c1cnn(Cc2ccccc2)c1)N1CCc2ccccc21. The van der Waals surface area contributed by atoms with E-state index < -0.39 is 0 Å². The molecule has 0 fully saturated rings. The third kappa shape index (κ3) is 2.63. The van der Waals surface area contributed by atoms with E-state index in [0.717, 1.165) is 18.7 Å². The van der Waals surface area contributed by atoms with Crippen molar-refractivity contribution in [2.45, 2.75) is 13.0 Å². The molecule has 1 aliphatic heterocycles. The van der Waals surface area contributed by atoms with E-state index in [2.05, 4.69) is 23.3 Å². The highest BCUT2D eigenvalue weighted by Gasteiger charge is 2.25. The number of amides is 1. The van der Waals surface area contributed by atoms with Gasteiger partial charge in [-0.05, 0) is 23.6 Å². The number of hydrogen-bond donors (Lipinski definition) is 0. The largest absolute Gasteiger partial charge is 0.308 e. The third-order valence-electron chi connectivity index (χ3n) is 4.20. The van der Waals surface area contributed by atoms with Gasteiger partial charge in [0.15, 0.2) is 0 Å². The number of hydrogen-bond acceptors (Lipinski definition) is 2. The van der Waals surface area contributed by atoms with Crippen molar-refractivity contribution in [3.63, 3.8) is 0 Å². The monoisotopic (exact) mass is 303 g/mol. The van der Waals surface area contributed by atoms with Gasteiger partial charge in [-0.3, -0.25) is 9.48 Å². The molecule has 1 aromatic heterocycles. The summed E-state index contributed by atoms with van der Waals surface area (Å²) in [6, 6.07) is 18.2. The molecule has 4 nitrogen and oxygen atoms in total. The number of rotatable bonds is 3. The molecule has 4 heteroatoms. The van der Waals surface area contributed by atoms with Gasteiger partial charge in [0.1, 0.15) is 0 Å². The van der Waals surface area contributed by atoms with Gasteiger partial charge in [-0.15, -0.1) is 0 Å². The molecule has 0 unspecified atom stereocenters. The molecule has 0 bridgehead atoms. The molecule has 0 radical (unpaired) electrons. The van der Waals surface area contributed by atoms with Crippen LogP contribution < -0.4 is 4.90 Å². The van der Waals surface area contributed by atoms with E-state index in [1.54, 1.807) is 6.20 Å². The quantitative estimate of drug-likeness (QED) is 0.745. The predicted octanol–water partition coefficient (Wildman–Crippen LogP) is 3.13. The second-order valence-corrected chi connectivity index (χ2v) is 5.75. The first kappa shape index (κ1) is 13.8. The van der Waals surface area contributed by atoms with Crippen LogP contribution in [0.2, 0.25) is 0 Å². The Labute approximate surface area is 135 Å². The normalized spacial score (nSPS) is 13.1. The number of para-hydroxylation sites is 1. The predicted molar refractivity (Wildman–Crippen MR) is 89.6 cm³/mol. The van der Waals surface area contributed by atoms with E-state index in [9.17, 15) is 4.79 Å². The van der Waals surface area contributed by atoms with E-state index in [-0.39, 0.29) is 5.91 Å². The van der Waals surface area contributed by atoms with E-state index in [0.29, 0.717) is 12.1 Å². The van der Waals surface area contributed by atoms with Gasteiger partial charge in [-0.25, -0.2) is 0 Å². The smallest absolute Gasteiger partial charge is 0.261 e. The fraction of sp³-hybridized carbons (Fsp3) is 0.158. The molecule has 114 valence electrons. The molecule has 0 atom stereocenters. The van der Waals surface area contributed by atoms with E-state index in [1.165, 1.54) is 11.1 Å². The summed E-state index contributed by atoms with van der Waals surface area (Å²) in [6.45, 7) is 1.41. The van der Waals surface area contributed by atoms with Gasteiger partial charge in [0, 0.05) is 18.4 Å². The zero-order valence-corrected chi connectivity index (χ0v) is 12.7. The average Bonchev–Trinajstić information content (AvgIpc) is 3.22. The maximum absolute atomic E-state index is 12.7. The van der Waals surface area contributed by atoms with Gasteiger partial charge >= 0.3 is 0 Å². The third-order valence-corrected chi connectivity index (χ3v) is 4.20. The van der Waals surface area contributed by atoms with Gasteiger partial charge in [0.25, 0.3) is 5.91 Å². The van der Waals surface area contributed by atoms with E-state index >= 15 is 0 Å². The summed E-state index contributed by atoms with van der Waals surface area (Å²) in [5.74, 6) is 0.0225. The molecule has 0 aliphatic carbocycles. The standard InChI is InChI=1S/C19H17N3O/c23-19(22-11-10-16-8-4-5-9-18(16)22)17-12-20-21(14-17)13-15-6-2-1-3-7-15/h1-9,12,14H,10-11,13H2. The number of fused-ring (bicyclic) bond motifs is 1. The highest BCUT2D eigenvalue weighted by molar-refractivity contribution is 6.07. The molecule has 0 saturated heterocycles. The lowest BCUT2D eigenvalue weighted by Gasteiger charge is -2.16. The molecular formula is C19H17N3O. The highest BCUT2D eigenvalue weighted by atomic mass is 16.2. The van der Waals surface area contributed by atoms with Crippen molar-refractivity contribution in [3.05, 3.63) is 83.7 Å². The summed E-state index contributed by atoms with van der Waals surface area (Å²) in [6.07, 6.45) is 4.41. The zero-order chi connectivity index (χ0) is 15.6. The van der Waals surface area contributed by atoms with Crippen LogP contribution in [0.3, 0.4) is 0 Å². The summed E-state index contributed by atoms with van der Waals surface area (Å²) < 4.78 is 1.81. The first-order valence-corrected chi connectivity index (χ1v) is 7.77. The van der Waals surface area contributed by atoms with Crippen LogP contribution in [0.4, 0.5) is 5.69 Å². The summed E-state index contributed by atoms with van der Waals surface area (Å²) in [5, 5.41) is 4.33. The van der Waals surface area contributed by atoms with Gasteiger partial charge in [0.2, 0.25) is 0 Å². The van der Waals surface area contributed by atoms with Crippen molar-refractivity contribution in [1.29, 1.82) is 0 Å². The van der Waals surface area contributed by atoms with E-state index in [4.69, 9.17) is 0 Å². The molecule has 2 heterocycles. The Kier molecular flexibility index (Phi) is 3.42. The van der Waals surface area contributed by atoms with Crippen molar-refractivity contribution >= 4 is 11.6 Å². The summed E-state index contributed by atoms with van der Waals surface area (Å²) in [5.41, 5.74) is 4.06. The number of carbonyl (C=O) groups excluding carboxylic acids is 1. The van der Waals surface area contributed by atoms with Crippen LogP contribution in [0, 0.1) is 0 Å². The Morgan fingerprint density at radius 1 is 1.04 bits per heavy atom. The van der Waals surface area contributed by atoms with E-state index in [1.807, 2.05) is 52.2 Å². The first-order valence-electron chi connectivity index (χ1n) is 7.77. The molecule has 0 spiro atoms. The fourth-order valence-corrected chi connectivity index (χ4v) is 3.04. The van der Waals surface area contributed by atoms with Crippen LogP contribution in [0.1, 0.15) is 21.5 Å². The van der Waals surface area contributed by atoms with Crippen LogP contribution in [0.5, 0.6) is 0 Å². The molecule has 0 saturated carbocycles. The van der Waals surface area contributed by atoms with Crippen molar-refractivity contribution in [2.75, 3.05) is 11.4 Å². The van der Waals surface area contributed by atoms with Crippen LogP contribution in [-0.4, -0.2) is 22.2 Å². The van der Waals surface area contributed by atoms with Crippen molar-refractivity contribution < 1.29 is 4.79 Å². The lowest BCUT2D eigenvalue weighted by Crippen LogP contribution is -2.28. The van der Waals surface area contributed by atoms with Gasteiger partial charge in [-0.1, -0.05) is 48.5 Å². The Bertz CT molecular complexity index is 839. The maximum Gasteiger partial charge on any atom is 0.261 e. The zero-order valence-electron chi connectivity index (χ0n) is 12.7. The molecule has 3 aromatic rings. The van der Waals surface area contributed by atoms with Gasteiger partial charge < -0.3 is 4.90 Å². The lowest BCUT2D eigenvalue weighted by molar-refractivity contribution is 0.0989. The van der Waals surface area contributed by atoms with Crippen molar-refractivity contribution in [2.24, 2.45) is 0 Å². The van der Waals surface area contributed by atoms with Crippen LogP contribution in [0.25, 0.3) is 0 Å². The molecule has 4 rings (SSSR count). The molecule has 0 N–H and O–H groups in total. The van der Waals surface area contributed by atoms with Crippen molar-refractivity contribution in [1.82, 2.24) is 9.78 Å². The molecule has 1 aliphatic rings. The Balaban J connectivity index is 1.54. The fourth-order valence-electron chi connectivity index (χ4n) is 3.04. The Morgan fingerprint density at radius 2 is 1.83 bits per heavy atom. The summed E-state index contributed by atoms with van der Waals surface area (Å²) >= 11 is 0. The second kappa shape index (κ2) is 5.72. The van der Waals surface area contributed by atoms with Crippen LogP contribution in [-0.2, 0) is 13.0 Å². The van der Waals surface area contributed by atoms with Crippen LogP contribution in [0.15, 0.2) is 67.0 Å². The average molecular weight is 303 g/mol. The number of carbonyl (C=O) groups is 1. The highest BCUT2D eigenvalue weighted by Crippen LogP contribution is 2.28.